The van der Waals surface area contributed by atoms with E-state index in [1.165, 1.54) is 7.11 Å². The molecule has 1 aliphatic rings. The van der Waals surface area contributed by atoms with E-state index in [0.717, 1.165) is 63.7 Å². The lowest BCUT2D eigenvalue weighted by molar-refractivity contribution is 0.170. The first-order valence-electron chi connectivity index (χ1n) is 10.1. The molecule has 0 unspecified atom stereocenters. The SMILES string of the molecule is CCN(CC)CCn1nc2c3c(c(CNC(=O)OC)ccc31)Sc1ccc(O)cc1-2. The maximum Gasteiger partial charge on any atom is 0.407 e. The van der Waals surface area contributed by atoms with Crippen molar-refractivity contribution in [2.75, 3.05) is 26.7 Å². The largest absolute Gasteiger partial charge is 0.508 e. The van der Waals surface area contributed by atoms with Gasteiger partial charge in [0.05, 0.1) is 19.2 Å². The fourth-order valence-corrected chi connectivity index (χ4v) is 5.01. The van der Waals surface area contributed by atoms with Gasteiger partial charge >= 0.3 is 6.09 Å². The van der Waals surface area contributed by atoms with Crippen molar-refractivity contribution in [1.29, 1.82) is 0 Å². The van der Waals surface area contributed by atoms with Crippen molar-refractivity contribution in [3.63, 3.8) is 0 Å². The number of likely N-dealkylation sites (N-methyl/N-ethyl adjacent to an activating group) is 1. The molecule has 0 saturated heterocycles. The van der Waals surface area contributed by atoms with E-state index in [1.807, 2.05) is 12.1 Å². The molecule has 3 aromatic rings. The lowest BCUT2D eigenvalue weighted by Crippen LogP contribution is -2.27. The highest BCUT2D eigenvalue weighted by atomic mass is 32.2. The highest BCUT2D eigenvalue weighted by Gasteiger charge is 2.26. The van der Waals surface area contributed by atoms with E-state index >= 15 is 0 Å². The van der Waals surface area contributed by atoms with E-state index in [9.17, 15) is 9.90 Å². The summed E-state index contributed by atoms with van der Waals surface area (Å²) in [6.45, 7) is 8.42. The molecule has 0 saturated carbocycles. The number of rotatable bonds is 7. The molecule has 2 aromatic carbocycles. The van der Waals surface area contributed by atoms with E-state index in [-0.39, 0.29) is 5.75 Å². The molecule has 2 N–H and O–H groups in total. The molecule has 30 heavy (non-hydrogen) atoms. The predicted molar refractivity (Wildman–Crippen MR) is 118 cm³/mol. The molecule has 158 valence electrons. The smallest absolute Gasteiger partial charge is 0.407 e. The van der Waals surface area contributed by atoms with Gasteiger partial charge < -0.3 is 20.1 Å². The Morgan fingerprint density at radius 3 is 2.80 bits per heavy atom. The van der Waals surface area contributed by atoms with Gasteiger partial charge in [0.15, 0.2) is 0 Å². The average Bonchev–Trinajstić information content (AvgIpc) is 3.14. The number of nitrogens with zero attached hydrogens (tertiary/aromatic N) is 3. The molecule has 8 heteroatoms. The summed E-state index contributed by atoms with van der Waals surface area (Å²) in [5.74, 6) is 0.229. The van der Waals surface area contributed by atoms with E-state index in [2.05, 4.69) is 34.8 Å². The number of aromatic nitrogens is 2. The number of ether oxygens (including phenoxy) is 1. The van der Waals surface area contributed by atoms with Gasteiger partial charge in [-0.15, -0.1) is 0 Å². The fourth-order valence-electron chi connectivity index (χ4n) is 3.82. The van der Waals surface area contributed by atoms with E-state index in [0.29, 0.717) is 6.54 Å². The molecule has 0 spiro atoms. The second-order valence-corrected chi connectivity index (χ2v) is 8.23. The Bertz CT molecular complexity index is 1090. The third-order valence-corrected chi connectivity index (χ3v) is 6.76. The van der Waals surface area contributed by atoms with Crippen LogP contribution in [0.25, 0.3) is 22.2 Å². The molecule has 0 fully saturated rings. The van der Waals surface area contributed by atoms with Crippen molar-refractivity contribution in [2.45, 2.75) is 36.7 Å². The predicted octanol–water partition coefficient (Wildman–Crippen LogP) is 4.07. The summed E-state index contributed by atoms with van der Waals surface area (Å²) in [5.41, 5.74) is 3.90. The minimum absolute atomic E-state index is 0.229. The Labute approximate surface area is 180 Å². The summed E-state index contributed by atoms with van der Waals surface area (Å²) in [5, 5.41) is 18.9. The highest BCUT2D eigenvalue weighted by molar-refractivity contribution is 7.99. The zero-order valence-corrected chi connectivity index (χ0v) is 18.3. The van der Waals surface area contributed by atoms with Gasteiger partial charge in [-0.25, -0.2) is 4.79 Å². The van der Waals surface area contributed by atoms with Gasteiger partial charge in [0.1, 0.15) is 11.4 Å². The van der Waals surface area contributed by atoms with Crippen LogP contribution in [0.3, 0.4) is 0 Å². The molecule has 0 atom stereocenters. The number of carbonyl (C=O) groups excluding carboxylic acids is 1. The minimum atomic E-state index is -0.455. The third-order valence-electron chi connectivity index (χ3n) is 5.51. The molecule has 1 aromatic heterocycles. The Hall–Kier alpha value is -2.71. The van der Waals surface area contributed by atoms with Crippen LogP contribution < -0.4 is 5.32 Å². The molecule has 0 radical (unpaired) electrons. The second-order valence-electron chi connectivity index (χ2n) is 7.17. The van der Waals surface area contributed by atoms with Crippen LogP contribution in [0.15, 0.2) is 40.1 Å². The van der Waals surface area contributed by atoms with Crippen LogP contribution in [-0.2, 0) is 17.8 Å². The number of hydrogen-bond donors (Lipinski definition) is 2. The molecule has 0 aliphatic carbocycles. The van der Waals surface area contributed by atoms with Crippen molar-refractivity contribution in [3.8, 4) is 17.0 Å². The minimum Gasteiger partial charge on any atom is -0.508 e. The summed E-state index contributed by atoms with van der Waals surface area (Å²) in [4.78, 5) is 16.1. The fraction of sp³-hybridized carbons (Fsp3) is 0.364. The molecular weight excluding hydrogens is 400 g/mol. The van der Waals surface area contributed by atoms with Gasteiger partial charge in [0, 0.05) is 33.8 Å². The first-order valence-corrected chi connectivity index (χ1v) is 10.9. The van der Waals surface area contributed by atoms with Gasteiger partial charge in [0.25, 0.3) is 0 Å². The average molecular weight is 427 g/mol. The normalized spacial score (nSPS) is 12.3. The first kappa shape index (κ1) is 20.6. The van der Waals surface area contributed by atoms with Crippen LogP contribution >= 0.6 is 11.8 Å². The topological polar surface area (TPSA) is 79.6 Å². The van der Waals surface area contributed by atoms with E-state index < -0.39 is 6.09 Å². The monoisotopic (exact) mass is 426 g/mol. The van der Waals surface area contributed by atoms with Gasteiger partial charge in [-0.2, -0.15) is 5.10 Å². The standard InChI is InChI=1S/C22H26N4O3S/c1-4-25(5-2)10-11-26-17-8-6-14(13-23-22(28)29-3)21-19(17)20(24-26)16-12-15(27)7-9-18(16)30-21/h6-9,12,27H,4-5,10-11,13H2,1-3H3,(H,23,28). The Morgan fingerprint density at radius 2 is 2.07 bits per heavy atom. The maximum atomic E-state index is 11.6. The Kier molecular flexibility index (Phi) is 5.87. The number of carbonyl (C=O) groups is 1. The van der Waals surface area contributed by atoms with Crippen LogP contribution in [0.1, 0.15) is 19.4 Å². The summed E-state index contributed by atoms with van der Waals surface area (Å²) in [6.07, 6.45) is -0.455. The lowest BCUT2D eigenvalue weighted by atomic mass is 10.0. The summed E-state index contributed by atoms with van der Waals surface area (Å²) < 4.78 is 6.77. The Balaban J connectivity index is 1.80. The van der Waals surface area contributed by atoms with Gasteiger partial charge in [0.2, 0.25) is 0 Å². The number of benzene rings is 2. The number of nitrogens with one attached hydrogen (secondary N) is 1. The third kappa shape index (κ3) is 3.73. The van der Waals surface area contributed by atoms with Crippen molar-refractivity contribution < 1.29 is 14.6 Å². The van der Waals surface area contributed by atoms with Crippen LogP contribution in [0.5, 0.6) is 5.75 Å². The van der Waals surface area contributed by atoms with Crippen LogP contribution in [0, 0.1) is 0 Å². The van der Waals surface area contributed by atoms with Crippen LogP contribution in [0.2, 0.25) is 0 Å². The van der Waals surface area contributed by atoms with Crippen molar-refractivity contribution in [2.24, 2.45) is 0 Å². The number of aromatic hydroxyl groups is 1. The highest BCUT2D eigenvalue weighted by Crippen LogP contribution is 2.49. The number of fused-ring (bicyclic) bond motifs is 2. The molecule has 0 bridgehead atoms. The van der Waals surface area contributed by atoms with Crippen LogP contribution in [0.4, 0.5) is 4.79 Å². The number of hydrogen-bond acceptors (Lipinski definition) is 6. The number of phenolic OH excluding ortho intramolecular Hbond substituents is 1. The lowest BCUT2D eigenvalue weighted by Gasteiger charge is -2.19. The number of alkyl carbamates (subject to hydrolysis) is 1. The number of amides is 1. The molecule has 7 nitrogen and oxygen atoms in total. The maximum absolute atomic E-state index is 11.6. The quantitative estimate of drug-likeness (QED) is 0.464. The zero-order valence-electron chi connectivity index (χ0n) is 17.4. The van der Waals surface area contributed by atoms with Crippen molar-refractivity contribution in [1.82, 2.24) is 20.0 Å². The van der Waals surface area contributed by atoms with E-state index in [1.54, 1.807) is 23.9 Å². The number of methoxy groups -OCH3 is 1. The zero-order chi connectivity index (χ0) is 21.3. The van der Waals surface area contributed by atoms with Gasteiger partial charge in [-0.3, -0.25) is 4.68 Å². The van der Waals surface area contributed by atoms with Gasteiger partial charge in [-0.05, 0) is 42.9 Å². The van der Waals surface area contributed by atoms with E-state index in [4.69, 9.17) is 9.84 Å². The molecule has 2 heterocycles. The Morgan fingerprint density at radius 1 is 1.27 bits per heavy atom. The van der Waals surface area contributed by atoms with Crippen molar-refractivity contribution in [3.05, 3.63) is 35.9 Å². The summed E-state index contributed by atoms with van der Waals surface area (Å²) in [7, 11) is 1.36. The van der Waals surface area contributed by atoms with Crippen LogP contribution in [-0.4, -0.2) is 52.6 Å². The number of phenols is 1. The summed E-state index contributed by atoms with van der Waals surface area (Å²) in [6, 6.07) is 9.51. The second kappa shape index (κ2) is 8.57. The van der Waals surface area contributed by atoms with Crippen molar-refractivity contribution >= 4 is 28.8 Å². The van der Waals surface area contributed by atoms with Gasteiger partial charge in [-0.1, -0.05) is 31.7 Å². The molecule has 4 rings (SSSR count). The molecular formula is C22H26N4O3S. The molecule has 1 amide bonds. The first-order chi connectivity index (χ1) is 14.5. The molecule has 1 aliphatic heterocycles. The summed E-state index contributed by atoms with van der Waals surface area (Å²) >= 11 is 1.65.